The van der Waals surface area contributed by atoms with Crippen LogP contribution in [0.2, 0.25) is 0 Å². The van der Waals surface area contributed by atoms with Crippen LogP contribution in [0.1, 0.15) is 29.6 Å². The minimum Gasteiger partial charge on any atom is -0.485 e. The lowest BCUT2D eigenvalue weighted by molar-refractivity contribution is 0.263. The van der Waals surface area contributed by atoms with E-state index in [0.717, 1.165) is 35.9 Å². The number of aryl methyl sites for hydroxylation is 2. The van der Waals surface area contributed by atoms with E-state index in [1.807, 2.05) is 37.3 Å². The van der Waals surface area contributed by atoms with E-state index in [1.165, 1.54) is 5.56 Å². The molecule has 0 spiro atoms. The summed E-state index contributed by atoms with van der Waals surface area (Å²) in [6, 6.07) is 10.1. The van der Waals surface area contributed by atoms with Gasteiger partial charge in [0.05, 0.1) is 6.54 Å². The van der Waals surface area contributed by atoms with Crippen molar-refractivity contribution in [1.82, 2.24) is 5.32 Å². The van der Waals surface area contributed by atoms with Gasteiger partial charge in [-0.25, -0.2) is 0 Å². The molecule has 0 aliphatic heterocycles. The number of ether oxygens (including phenoxy) is 1. The average Bonchev–Trinajstić information content (AvgIpc) is 2.76. The summed E-state index contributed by atoms with van der Waals surface area (Å²) >= 11 is 0. The standard InChI is InChI=1S/C16H21NO2/c1-4-17-10-16-13(3)9-14(19-16)11-18-15-8-6-5-7-12(15)2/h5-9,17H,4,10-11H2,1-3H3. The first kappa shape index (κ1) is 13.7. The minimum absolute atomic E-state index is 0.470. The number of para-hydroxylation sites is 1. The maximum absolute atomic E-state index is 5.79. The first-order chi connectivity index (χ1) is 9.20. The van der Waals surface area contributed by atoms with E-state index in [1.54, 1.807) is 0 Å². The first-order valence-corrected chi connectivity index (χ1v) is 6.68. The zero-order valence-corrected chi connectivity index (χ0v) is 11.8. The lowest BCUT2D eigenvalue weighted by Gasteiger charge is -2.06. The van der Waals surface area contributed by atoms with E-state index in [2.05, 4.69) is 19.2 Å². The lowest BCUT2D eigenvalue weighted by Crippen LogP contribution is -2.11. The summed E-state index contributed by atoms with van der Waals surface area (Å²) in [5.74, 6) is 2.77. The SMILES string of the molecule is CCNCc1oc(COc2ccccc2C)cc1C. The van der Waals surface area contributed by atoms with Gasteiger partial charge in [0.2, 0.25) is 0 Å². The van der Waals surface area contributed by atoms with Gasteiger partial charge >= 0.3 is 0 Å². The molecule has 1 aromatic carbocycles. The molecule has 19 heavy (non-hydrogen) atoms. The fourth-order valence-corrected chi connectivity index (χ4v) is 1.94. The van der Waals surface area contributed by atoms with Crippen LogP contribution in [0, 0.1) is 13.8 Å². The molecule has 0 fully saturated rings. The van der Waals surface area contributed by atoms with Gasteiger partial charge in [0.1, 0.15) is 23.9 Å². The Morgan fingerprint density at radius 2 is 1.95 bits per heavy atom. The van der Waals surface area contributed by atoms with Crippen molar-refractivity contribution in [2.75, 3.05) is 6.54 Å². The topological polar surface area (TPSA) is 34.4 Å². The third-order valence-corrected chi connectivity index (χ3v) is 3.07. The maximum Gasteiger partial charge on any atom is 0.146 e. The van der Waals surface area contributed by atoms with Gasteiger partial charge in [0.15, 0.2) is 0 Å². The number of furan rings is 1. The van der Waals surface area contributed by atoms with Gasteiger partial charge in [-0.3, -0.25) is 0 Å². The fraction of sp³-hybridized carbons (Fsp3) is 0.375. The highest BCUT2D eigenvalue weighted by Gasteiger charge is 2.08. The van der Waals surface area contributed by atoms with Crippen LogP contribution in [0.3, 0.4) is 0 Å². The molecule has 3 heteroatoms. The minimum atomic E-state index is 0.470. The summed E-state index contributed by atoms with van der Waals surface area (Å²) in [6.45, 7) is 8.37. The zero-order chi connectivity index (χ0) is 13.7. The van der Waals surface area contributed by atoms with Crippen LogP contribution in [-0.4, -0.2) is 6.54 Å². The van der Waals surface area contributed by atoms with Crippen LogP contribution in [0.25, 0.3) is 0 Å². The van der Waals surface area contributed by atoms with E-state index in [4.69, 9.17) is 9.15 Å². The molecule has 2 aromatic rings. The molecule has 0 saturated carbocycles. The predicted octanol–water partition coefficient (Wildman–Crippen LogP) is 3.58. The molecular formula is C16H21NO2. The smallest absolute Gasteiger partial charge is 0.146 e. The van der Waals surface area contributed by atoms with Crippen LogP contribution >= 0.6 is 0 Å². The van der Waals surface area contributed by atoms with Gasteiger partial charge in [0, 0.05) is 0 Å². The van der Waals surface area contributed by atoms with Crippen LogP contribution in [0.4, 0.5) is 0 Å². The van der Waals surface area contributed by atoms with E-state index < -0.39 is 0 Å². The van der Waals surface area contributed by atoms with E-state index in [0.29, 0.717) is 6.61 Å². The molecule has 2 rings (SSSR count). The third-order valence-electron chi connectivity index (χ3n) is 3.07. The summed E-state index contributed by atoms with van der Waals surface area (Å²) in [5, 5.41) is 3.27. The Balaban J connectivity index is 1.98. The van der Waals surface area contributed by atoms with Crippen LogP contribution in [-0.2, 0) is 13.2 Å². The Hall–Kier alpha value is -1.74. The van der Waals surface area contributed by atoms with Crippen molar-refractivity contribution in [2.45, 2.75) is 33.9 Å². The summed E-state index contributed by atoms with van der Waals surface area (Å²) in [4.78, 5) is 0. The molecule has 0 amide bonds. The molecule has 0 unspecified atom stereocenters. The lowest BCUT2D eigenvalue weighted by atomic mass is 10.2. The van der Waals surface area contributed by atoms with Crippen molar-refractivity contribution in [1.29, 1.82) is 0 Å². The molecule has 0 bridgehead atoms. The molecule has 0 aliphatic rings. The monoisotopic (exact) mass is 259 g/mol. The molecule has 0 saturated heterocycles. The van der Waals surface area contributed by atoms with E-state index >= 15 is 0 Å². The summed E-state index contributed by atoms with van der Waals surface area (Å²) in [5.41, 5.74) is 2.31. The highest BCUT2D eigenvalue weighted by Crippen LogP contribution is 2.20. The zero-order valence-electron chi connectivity index (χ0n) is 11.8. The third kappa shape index (κ3) is 3.61. The highest BCUT2D eigenvalue weighted by atomic mass is 16.5. The second kappa shape index (κ2) is 6.43. The normalized spacial score (nSPS) is 10.7. The van der Waals surface area contributed by atoms with Crippen molar-refractivity contribution in [2.24, 2.45) is 0 Å². The van der Waals surface area contributed by atoms with Crippen LogP contribution in [0.15, 0.2) is 34.7 Å². The largest absolute Gasteiger partial charge is 0.485 e. The molecule has 3 nitrogen and oxygen atoms in total. The Labute approximate surface area is 114 Å². The second-order valence-corrected chi connectivity index (χ2v) is 4.65. The summed E-state index contributed by atoms with van der Waals surface area (Å²) in [6.07, 6.45) is 0. The van der Waals surface area contributed by atoms with Gasteiger partial charge in [0.25, 0.3) is 0 Å². The Morgan fingerprint density at radius 3 is 2.68 bits per heavy atom. The molecule has 102 valence electrons. The molecule has 1 heterocycles. The summed E-state index contributed by atoms with van der Waals surface area (Å²) < 4.78 is 11.6. The van der Waals surface area contributed by atoms with Crippen molar-refractivity contribution < 1.29 is 9.15 Å². The maximum atomic E-state index is 5.79. The number of hydrogen-bond donors (Lipinski definition) is 1. The van der Waals surface area contributed by atoms with Gasteiger partial charge in [-0.1, -0.05) is 25.1 Å². The van der Waals surface area contributed by atoms with Gasteiger partial charge in [-0.2, -0.15) is 0 Å². The summed E-state index contributed by atoms with van der Waals surface area (Å²) in [7, 11) is 0. The van der Waals surface area contributed by atoms with Gasteiger partial charge in [-0.05, 0) is 43.7 Å². The highest BCUT2D eigenvalue weighted by molar-refractivity contribution is 5.32. The number of rotatable bonds is 6. The second-order valence-electron chi connectivity index (χ2n) is 4.65. The quantitative estimate of drug-likeness (QED) is 0.861. The van der Waals surface area contributed by atoms with Gasteiger partial charge < -0.3 is 14.5 Å². The first-order valence-electron chi connectivity index (χ1n) is 6.68. The van der Waals surface area contributed by atoms with E-state index in [9.17, 15) is 0 Å². The van der Waals surface area contributed by atoms with Crippen LogP contribution < -0.4 is 10.1 Å². The number of benzene rings is 1. The number of nitrogens with one attached hydrogen (secondary N) is 1. The Morgan fingerprint density at radius 1 is 1.16 bits per heavy atom. The molecule has 1 aromatic heterocycles. The molecular weight excluding hydrogens is 238 g/mol. The fourth-order valence-electron chi connectivity index (χ4n) is 1.94. The van der Waals surface area contributed by atoms with E-state index in [-0.39, 0.29) is 0 Å². The molecule has 0 atom stereocenters. The number of hydrogen-bond acceptors (Lipinski definition) is 3. The van der Waals surface area contributed by atoms with Crippen LogP contribution in [0.5, 0.6) is 5.75 Å². The van der Waals surface area contributed by atoms with Crippen molar-refractivity contribution in [3.63, 3.8) is 0 Å². The molecule has 0 aliphatic carbocycles. The van der Waals surface area contributed by atoms with Crippen molar-refractivity contribution >= 4 is 0 Å². The van der Waals surface area contributed by atoms with Gasteiger partial charge in [-0.15, -0.1) is 0 Å². The van der Waals surface area contributed by atoms with Crippen molar-refractivity contribution in [3.8, 4) is 5.75 Å². The Bertz CT molecular complexity index is 531. The molecule has 1 N–H and O–H groups in total. The Kier molecular flexibility index (Phi) is 4.63. The molecule has 0 radical (unpaired) electrons. The average molecular weight is 259 g/mol. The predicted molar refractivity (Wildman–Crippen MR) is 76.3 cm³/mol. The van der Waals surface area contributed by atoms with Crippen molar-refractivity contribution in [3.05, 3.63) is 53.0 Å².